The molecule has 3 N–H and O–H groups in total. The highest BCUT2D eigenvalue weighted by atomic mass is 16.3. The first kappa shape index (κ1) is 19.7. The first-order valence-electron chi connectivity index (χ1n) is 10.00. The van der Waals surface area contributed by atoms with E-state index < -0.39 is 0 Å². The lowest BCUT2D eigenvalue weighted by Gasteiger charge is -2.22. The number of aromatic amines is 1. The summed E-state index contributed by atoms with van der Waals surface area (Å²) in [6.45, 7) is 3.57. The van der Waals surface area contributed by atoms with Gasteiger partial charge in [0.15, 0.2) is 0 Å². The van der Waals surface area contributed by atoms with E-state index >= 15 is 0 Å². The summed E-state index contributed by atoms with van der Waals surface area (Å²) >= 11 is 0. The van der Waals surface area contributed by atoms with Crippen molar-refractivity contribution in [1.29, 1.82) is 0 Å². The van der Waals surface area contributed by atoms with Crippen molar-refractivity contribution in [2.24, 2.45) is 0 Å². The van der Waals surface area contributed by atoms with Crippen LogP contribution < -0.4 is 15.8 Å². The van der Waals surface area contributed by atoms with Gasteiger partial charge in [-0.05, 0) is 42.8 Å². The number of likely N-dealkylation sites (N-methyl/N-ethyl adjacent to an activating group) is 1. The normalized spacial score (nSPS) is 10.9. The van der Waals surface area contributed by atoms with Crippen molar-refractivity contribution in [2.45, 2.75) is 6.92 Å². The van der Waals surface area contributed by atoms with Crippen molar-refractivity contribution < 1.29 is 5.11 Å². The average molecular weight is 400 g/mol. The summed E-state index contributed by atoms with van der Waals surface area (Å²) in [5, 5.41) is 13.9. The molecule has 0 aliphatic carbocycles. The fourth-order valence-electron chi connectivity index (χ4n) is 3.64. The molecule has 0 atom stereocenters. The molecule has 4 rings (SSSR count). The highest BCUT2D eigenvalue weighted by Crippen LogP contribution is 2.30. The van der Waals surface area contributed by atoms with Crippen LogP contribution in [0.3, 0.4) is 0 Å². The summed E-state index contributed by atoms with van der Waals surface area (Å²) in [5.41, 5.74) is 3.67. The third-order valence-corrected chi connectivity index (χ3v) is 5.15. The van der Waals surface area contributed by atoms with Crippen LogP contribution in [0.5, 0.6) is 0 Å². The number of aliphatic hydroxyl groups excluding tert-OH is 1. The number of hydrogen-bond acceptors (Lipinski definition) is 5. The van der Waals surface area contributed by atoms with E-state index in [2.05, 4.69) is 27.1 Å². The Kier molecular flexibility index (Phi) is 5.77. The molecular formula is C24H24N4O2. The molecule has 0 aliphatic rings. The van der Waals surface area contributed by atoms with Crippen molar-refractivity contribution >= 4 is 28.0 Å². The molecule has 0 radical (unpaired) electrons. The number of nitrogens with zero attached hydrogens (tertiary/aromatic N) is 2. The molecule has 0 saturated carbocycles. The molecular weight excluding hydrogens is 376 g/mol. The third kappa shape index (κ3) is 3.90. The monoisotopic (exact) mass is 400 g/mol. The van der Waals surface area contributed by atoms with E-state index in [4.69, 9.17) is 0 Å². The number of H-pyrrole nitrogens is 1. The smallest absolute Gasteiger partial charge is 0.259 e. The van der Waals surface area contributed by atoms with Crippen LogP contribution in [0.15, 0.2) is 77.9 Å². The van der Waals surface area contributed by atoms with Gasteiger partial charge in [0, 0.05) is 47.8 Å². The number of fused-ring (bicyclic) bond motifs is 1. The highest BCUT2D eigenvalue weighted by molar-refractivity contribution is 6.01. The molecule has 2 heterocycles. The molecule has 4 aromatic rings. The molecule has 2 aromatic heterocycles. The molecule has 0 aliphatic heterocycles. The number of nitrogens with one attached hydrogen (secondary N) is 2. The van der Waals surface area contributed by atoms with Gasteiger partial charge in [0.1, 0.15) is 5.82 Å². The molecule has 0 spiro atoms. The van der Waals surface area contributed by atoms with Gasteiger partial charge in [0.2, 0.25) is 0 Å². The summed E-state index contributed by atoms with van der Waals surface area (Å²) < 4.78 is 0. The maximum absolute atomic E-state index is 12.7. The van der Waals surface area contributed by atoms with Crippen LogP contribution in [0.1, 0.15) is 6.92 Å². The fourth-order valence-corrected chi connectivity index (χ4v) is 3.64. The Bertz CT molecular complexity index is 1190. The number of benzene rings is 2. The van der Waals surface area contributed by atoms with E-state index in [1.54, 1.807) is 12.4 Å². The molecule has 152 valence electrons. The number of aliphatic hydroxyl groups is 1. The Labute approximate surface area is 174 Å². The van der Waals surface area contributed by atoms with E-state index in [9.17, 15) is 9.90 Å². The predicted molar refractivity (Wildman–Crippen MR) is 122 cm³/mol. The maximum atomic E-state index is 12.7. The molecule has 2 aromatic carbocycles. The molecule has 0 bridgehead atoms. The summed E-state index contributed by atoms with van der Waals surface area (Å²) in [4.78, 5) is 22.0. The second-order valence-corrected chi connectivity index (χ2v) is 6.95. The van der Waals surface area contributed by atoms with Crippen molar-refractivity contribution in [2.75, 3.05) is 29.9 Å². The lowest BCUT2D eigenvalue weighted by atomic mass is 10.0. The number of hydrogen-bond donors (Lipinski definition) is 3. The van der Waals surface area contributed by atoms with Gasteiger partial charge in [-0.1, -0.05) is 30.3 Å². The predicted octanol–water partition coefficient (Wildman–Crippen LogP) is 4.15. The zero-order valence-electron chi connectivity index (χ0n) is 16.8. The van der Waals surface area contributed by atoms with E-state index in [-0.39, 0.29) is 12.2 Å². The van der Waals surface area contributed by atoms with Gasteiger partial charge in [-0.25, -0.2) is 4.98 Å². The van der Waals surface area contributed by atoms with Gasteiger partial charge in [-0.15, -0.1) is 0 Å². The van der Waals surface area contributed by atoms with Gasteiger partial charge < -0.3 is 20.3 Å². The first-order chi connectivity index (χ1) is 14.7. The van der Waals surface area contributed by atoms with Crippen molar-refractivity contribution in [3.05, 3.63) is 83.4 Å². The van der Waals surface area contributed by atoms with Crippen LogP contribution in [0, 0.1) is 0 Å². The molecule has 6 heteroatoms. The molecule has 0 fully saturated rings. The van der Waals surface area contributed by atoms with Gasteiger partial charge >= 0.3 is 0 Å². The average Bonchev–Trinajstić information content (AvgIpc) is 2.79. The van der Waals surface area contributed by atoms with Crippen molar-refractivity contribution in [3.63, 3.8) is 0 Å². The Hall–Kier alpha value is -3.64. The Balaban J connectivity index is 1.71. The third-order valence-electron chi connectivity index (χ3n) is 5.15. The van der Waals surface area contributed by atoms with Gasteiger partial charge in [-0.2, -0.15) is 0 Å². The molecule has 0 unspecified atom stereocenters. The summed E-state index contributed by atoms with van der Waals surface area (Å²) in [5.74, 6) is 0.516. The standard InChI is InChI=1S/C24H24N4O2/c1-2-28(14-15-29)19-10-8-18(9-11-19)27-23-22-20(12-13-25-23)21(16-26-24(22)30)17-6-4-3-5-7-17/h3-13,16,29H,2,14-15H2,1H3,(H,25,27)(H,26,30). The van der Waals surface area contributed by atoms with Crippen molar-refractivity contribution in [3.8, 4) is 11.1 Å². The first-order valence-corrected chi connectivity index (χ1v) is 10.00. The Morgan fingerprint density at radius 2 is 1.83 bits per heavy atom. The fraction of sp³-hybridized carbons (Fsp3) is 0.167. The molecule has 30 heavy (non-hydrogen) atoms. The quantitative estimate of drug-likeness (QED) is 0.434. The van der Waals surface area contributed by atoms with E-state index in [0.717, 1.165) is 34.4 Å². The summed E-state index contributed by atoms with van der Waals surface area (Å²) in [6, 6.07) is 19.7. The van der Waals surface area contributed by atoms with Crippen LogP contribution in [0.2, 0.25) is 0 Å². The summed E-state index contributed by atoms with van der Waals surface area (Å²) in [7, 11) is 0. The minimum atomic E-state index is -0.183. The summed E-state index contributed by atoms with van der Waals surface area (Å²) in [6.07, 6.45) is 3.46. The topological polar surface area (TPSA) is 81.2 Å². The Morgan fingerprint density at radius 3 is 2.53 bits per heavy atom. The minimum absolute atomic E-state index is 0.111. The van der Waals surface area contributed by atoms with Crippen LogP contribution in [0.4, 0.5) is 17.2 Å². The number of anilines is 3. The van der Waals surface area contributed by atoms with Crippen LogP contribution in [0.25, 0.3) is 21.9 Å². The second kappa shape index (κ2) is 8.80. The van der Waals surface area contributed by atoms with Crippen LogP contribution in [-0.4, -0.2) is 34.8 Å². The molecule has 0 saturated heterocycles. The largest absolute Gasteiger partial charge is 0.395 e. The van der Waals surface area contributed by atoms with E-state index in [1.165, 1.54) is 0 Å². The van der Waals surface area contributed by atoms with Crippen molar-refractivity contribution in [1.82, 2.24) is 9.97 Å². The number of rotatable bonds is 7. The number of aromatic nitrogens is 2. The molecule has 0 amide bonds. The van der Waals surface area contributed by atoms with E-state index in [0.29, 0.717) is 17.7 Å². The van der Waals surface area contributed by atoms with Gasteiger partial charge in [0.05, 0.1) is 12.0 Å². The number of pyridine rings is 2. The lowest BCUT2D eigenvalue weighted by molar-refractivity contribution is 0.302. The maximum Gasteiger partial charge on any atom is 0.259 e. The zero-order chi connectivity index (χ0) is 20.9. The SMILES string of the molecule is CCN(CCO)c1ccc(Nc2nccc3c(-c4ccccc4)c[nH]c(=O)c23)cc1. The highest BCUT2D eigenvalue weighted by Gasteiger charge is 2.12. The molecule has 6 nitrogen and oxygen atoms in total. The second-order valence-electron chi connectivity index (χ2n) is 6.95. The van der Waals surface area contributed by atoms with Crippen LogP contribution >= 0.6 is 0 Å². The Morgan fingerprint density at radius 1 is 1.07 bits per heavy atom. The van der Waals surface area contributed by atoms with E-state index in [1.807, 2.05) is 60.7 Å². The minimum Gasteiger partial charge on any atom is -0.395 e. The van der Waals surface area contributed by atoms with Gasteiger partial charge in [0.25, 0.3) is 5.56 Å². The van der Waals surface area contributed by atoms with Gasteiger partial charge in [-0.3, -0.25) is 4.79 Å². The lowest BCUT2D eigenvalue weighted by Crippen LogP contribution is -2.25. The zero-order valence-corrected chi connectivity index (χ0v) is 16.8. The van der Waals surface area contributed by atoms with Crippen LogP contribution in [-0.2, 0) is 0 Å².